The molecule has 7 nitrogen and oxygen atoms in total. The van der Waals surface area contributed by atoms with Crippen LogP contribution in [0, 0.1) is 5.82 Å². The molecule has 1 N–H and O–H groups in total. The number of halogens is 3. The van der Waals surface area contributed by atoms with Gasteiger partial charge >= 0.3 is 0 Å². The van der Waals surface area contributed by atoms with E-state index in [0.717, 1.165) is 10.6 Å². The Hall–Kier alpha value is -2.36. The molecule has 0 fully saturated rings. The number of nitrogens with zero attached hydrogens (tertiary/aromatic N) is 2. The molecular formula is C26H34Cl2FN3O4S. The molecule has 0 unspecified atom stereocenters. The van der Waals surface area contributed by atoms with Gasteiger partial charge in [-0.2, -0.15) is 0 Å². The lowest BCUT2D eigenvalue weighted by Crippen LogP contribution is -2.53. The monoisotopic (exact) mass is 573 g/mol. The summed E-state index contributed by atoms with van der Waals surface area (Å²) in [5, 5.41) is 3.64. The van der Waals surface area contributed by atoms with Crippen LogP contribution in [0.1, 0.15) is 52.5 Å². The van der Waals surface area contributed by atoms with E-state index in [4.69, 9.17) is 23.2 Å². The third-order valence-electron chi connectivity index (χ3n) is 5.55. The minimum absolute atomic E-state index is 0.00346. The molecule has 2 aromatic rings. The molecule has 2 amide bonds. The highest BCUT2D eigenvalue weighted by atomic mass is 35.5. The fourth-order valence-electron chi connectivity index (χ4n) is 3.86. The average molecular weight is 575 g/mol. The molecule has 0 radical (unpaired) electrons. The molecular weight excluding hydrogens is 540 g/mol. The maximum Gasteiger partial charge on any atom is 0.243 e. The Morgan fingerprint density at radius 2 is 1.65 bits per heavy atom. The molecule has 0 aliphatic rings. The van der Waals surface area contributed by atoms with E-state index in [1.54, 1.807) is 25.1 Å². The number of sulfonamides is 1. The summed E-state index contributed by atoms with van der Waals surface area (Å²) < 4.78 is 40.0. The van der Waals surface area contributed by atoms with E-state index in [1.807, 2.05) is 20.8 Å². The lowest BCUT2D eigenvalue weighted by Gasteiger charge is -2.33. The van der Waals surface area contributed by atoms with E-state index in [2.05, 4.69) is 5.32 Å². The number of amides is 2. The van der Waals surface area contributed by atoms with Gasteiger partial charge < -0.3 is 10.2 Å². The Morgan fingerprint density at radius 3 is 2.16 bits per heavy atom. The minimum Gasteiger partial charge on any atom is -0.350 e. The molecule has 0 aliphatic carbocycles. The van der Waals surface area contributed by atoms with Crippen LogP contribution in [-0.4, -0.2) is 49.5 Å². The number of rotatable bonds is 11. The standard InChI is InChI=1S/C26H34Cl2FN3O4S/c1-6-22(25(34)30-26(2,3)4)31(17-18-19(27)11-9-12-20(18)28)24(33)15-10-16-32(37(5,35)36)23-14-8-7-13-21(23)29/h7-9,11-14,22H,6,10,15-17H2,1-5H3,(H,30,34)/t22-/m0/s1. The quantitative estimate of drug-likeness (QED) is 0.390. The van der Waals surface area contributed by atoms with Gasteiger partial charge in [-0.1, -0.05) is 48.3 Å². The molecule has 0 spiro atoms. The predicted molar refractivity (Wildman–Crippen MR) is 147 cm³/mol. The minimum atomic E-state index is -3.80. The maximum absolute atomic E-state index is 14.3. The highest BCUT2D eigenvalue weighted by Gasteiger charge is 2.31. The number of hydrogen-bond acceptors (Lipinski definition) is 4. The Labute approximate surface area is 229 Å². The molecule has 0 heterocycles. The Bertz CT molecular complexity index is 1200. The second kappa shape index (κ2) is 12.9. The molecule has 0 aliphatic heterocycles. The summed E-state index contributed by atoms with van der Waals surface area (Å²) in [4.78, 5) is 28.0. The van der Waals surface area contributed by atoms with Gasteiger partial charge in [0.05, 0.1) is 11.9 Å². The van der Waals surface area contributed by atoms with Crippen LogP contribution in [0.2, 0.25) is 10.0 Å². The molecule has 11 heteroatoms. The van der Waals surface area contributed by atoms with Crippen molar-refractivity contribution < 1.29 is 22.4 Å². The first-order valence-electron chi connectivity index (χ1n) is 11.9. The zero-order chi connectivity index (χ0) is 28.0. The predicted octanol–water partition coefficient (Wildman–Crippen LogP) is 5.40. The first kappa shape index (κ1) is 30.9. The fourth-order valence-corrected chi connectivity index (χ4v) is 5.35. The van der Waals surface area contributed by atoms with Gasteiger partial charge in [0.2, 0.25) is 21.8 Å². The van der Waals surface area contributed by atoms with Gasteiger partial charge in [-0.15, -0.1) is 0 Å². The largest absolute Gasteiger partial charge is 0.350 e. The van der Waals surface area contributed by atoms with Crippen LogP contribution in [0.25, 0.3) is 0 Å². The van der Waals surface area contributed by atoms with Crippen LogP contribution in [0.3, 0.4) is 0 Å². The molecule has 2 aromatic carbocycles. The van der Waals surface area contributed by atoms with Crippen molar-refractivity contribution in [1.29, 1.82) is 0 Å². The first-order chi connectivity index (χ1) is 17.2. The van der Waals surface area contributed by atoms with Gasteiger partial charge in [-0.05, 0) is 57.9 Å². The van der Waals surface area contributed by atoms with Crippen LogP contribution >= 0.6 is 23.2 Å². The third kappa shape index (κ3) is 8.86. The number of carbonyl (C=O) groups excluding carboxylic acids is 2. The number of carbonyl (C=O) groups is 2. The van der Waals surface area contributed by atoms with Crippen molar-refractivity contribution >= 4 is 50.7 Å². The maximum atomic E-state index is 14.3. The van der Waals surface area contributed by atoms with Crippen molar-refractivity contribution in [3.63, 3.8) is 0 Å². The molecule has 0 saturated heterocycles. The molecule has 0 saturated carbocycles. The van der Waals surface area contributed by atoms with Gasteiger partial charge in [-0.25, -0.2) is 12.8 Å². The number of hydrogen-bond donors (Lipinski definition) is 1. The van der Waals surface area contributed by atoms with Crippen LogP contribution < -0.4 is 9.62 Å². The zero-order valence-electron chi connectivity index (χ0n) is 21.7. The Balaban J connectivity index is 2.31. The third-order valence-corrected chi connectivity index (χ3v) is 7.44. The summed E-state index contributed by atoms with van der Waals surface area (Å²) in [7, 11) is -3.80. The molecule has 37 heavy (non-hydrogen) atoms. The lowest BCUT2D eigenvalue weighted by atomic mass is 10.0. The Morgan fingerprint density at radius 1 is 1.05 bits per heavy atom. The van der Waals surface area contributed by atoms with Crippen LogP contribution in [0.15, 0.2) is 42.5 Å². The van der Waals surface area contributed by atoms with Crippen LogP contribution in [0.5, 0.6) is 0 Å². The second-order valence-electron chi connectivity index (χ2n) is 9.78. The average Bonchev–Trinajstić information content (AvgIpc) is 2.77. The van der Waals surface area contributed by atoms with Gasteiger partial charge in [0, 0.05) is 40.7 Å². The smallest absolute Gasteiger partial charge is 0.243 e. The summed E-state index contributed by atoms with van der Waals surface area (Å²) in [6, 6.07) is 9.73. The lowest BCUT2D eigenvalue weighted by molar-refractivity contribution is -0.142. The zero-order valence-corrected chi connectivity index (χ0v) is 24.1. The highest BCUT2D eigenvalue weighted by Crippen LogP contribution is 2.28. The molecule has 1 atom stereocenters. The summed E-state index contributed by atoms with van der Waals surface area (Å²) in [6.07, 6.45) is 1.34. The Kier molecular flexibility index (Phi) is 10.8. The molecule has 0 aromatic heterocycles. The normalized spacial score (nSPS) is 12.6. The van der Waals surface area contributed by atoms with E-state index in [-0.39, 0.29) is 43.4 Å². The number of anilines is 1. The molecule has 204 valence electrons. The van der Waals surface area contributed by atoms with Crippen molar-refractivity contribution in [2.75, 3.05) is 17.1 Å². The van der Waals surface area contributed by atoms with Crippen molar-refractivity contribution in [2.24, 2.45) is 0 Å². The summed E-state index contributed by atoms with van der Waals surface area (Å²) >= 11 is 12.7. The number of benzene rings is 2. The topological polar surface area (TPSA) is 86.8 Å². The number of nitrogens with one attached hydrogen (secondary N) is 1. The SMILES string of the molecule is CC[C@@H](C(=O)NC(C)(C)C)N(Cc1c(Cl)cccc1Cl)C(=O)CCCN(c1ccccc1F)S(C)(=O)=O. The highest BCUT2D eigenvalue weighted by molar-refractivity contribution is 7.92. The van der Waals surface area contributed by atoms with E-state index in [0.29, 0.717) is 22.0 Å². The fraction of sp³-hybridized carbons (Fsp3) is 0.462. The second-order valence-corrected chi connectivity index (χ2v) is 12.5. The van der Waals surface area contributed by atoms with Crippen molar-refractivity contribution in [3.05, 3.63) is 63.9 Å². The van der Waals surface area contributed by atoms with Crippen LogP contribution in [0.4, 0.5) is 10.1 Å². The summed E-state index contributed by atoms with van der Waals surface area (Å²) in [6.45, 7) is 7.21. The van der Waals surface area contributed by atoms with E-state index in [1.165, 1.54) is 29.2 Å². The van der Waals surface area contributed by atoms with Gasteiger partial charge in [0.25, 0.3) is 0 Å². The van der Waals surface area contributed by atoms with Gasteiger partial charge in [-0.3, -0.25) is 13.9 Å². The summed E-state index contributed by atoms with van der Waals surface area (Å²) in [5.74, 6) is -1.39. The van der Waals surface area contributed by atoms with Crippen molar-refractivity contribution in [3.8, 4) is 0 Å². The molecule has 0 bridgehead atoms. The van der Waals surface area contributed by atoms with Crippen LogP contribution in [-0.2, 0) is 26.2 Å². The van der Waals surface area contributed by atoms with E-state index < -0.39 is 27.4 Å². The van der Waals surface area contributed by atoms with E-state index >= 15 is 0 Å². The summed E-state index contributed by atoms with van der Waals surface area (Å²) in [5.41, 5.74) is -0.102. The van der Waals surface area contributed by atoms with Gasteiger partial charge in [0.1, 0.15) is 11.9 Å². The molecule has 2 rings (SSSR count). The van der Waals surface area contributed by atoms with Crippen molar-refractivity contribution in [1.82, 2.24) is 10.2 Å². The van der Waals surface area contributed by atoms with E-state index in [9.17, 15) is 22.4 Å². The van der Waals surface area contributed by atoms with Gasteiger partial charge in [0.15, 0.2) is 0 Å². The van der Waals surface area contributed by atoms with Crippen molar-refractivity contribution in [2.45, 2.75) is 65.1 Å². The number of para-hydroxylation sites is 1. The first-order valence-corrected chi connectivity index (χ1v) is 14.5.